The average molecular weight is 491 g/mol. The molecule has 0 radical (unpaired) electrons. The Morgan fingerprint density at radius 1 is 0.972 bits per heavy atom. The quantitative estimate of drug-likeness (QED) is 0.558. The van der Waals surface area contributed by atoms with Crippen molar-refractivity contribution in [3.8, 4) is 0 Å². The van der Waals surface area contributed by atoms with Crippen molar-refractivity contribution in [1.82, 2.24) is 0 Å². The third-order valence-corrected chi connectivity index (χ3v) is 11.7. The van der Waals surface area contributed by atoms with Gasteiger partial charge in [-0.05, 0) is 110 Å². The van der Waals surface area contributed by atoms with E-state index in [0.29, 0.717) is 37.5 Å². The summed E-state index contributed by atoms with van der Waals surface area (Å²) in [6.07, 6.45) is 10.8. The largest absolute Gasteiger partial charge is 0.393 e. The van der Waals surface area contributed by atoms with E-state index in [9.17, 15) is 19.8 Å². The molecule has 5 aliphatic carbocycles. The van der Waals surface area contributed by atoms with Crippen LogP contribution in [0.25, 0.3) is 0 Å². The number of aliphatic hydroxyl groups excluding tert-OH is 1. The van der Waals surface area contributed by atoms with Gasteiger partial charge in [0.05, 0.1) is 6.10 Å². The number of allylic oxidation sites excluding steroid dienone is 1. The van der Waals surface area contributed by atoms with Gasteiger partial charge in [-0.25, -0.2) is 0 Å². The molecular formula is C32H42O4. The highest BCUT2D eigenvalue weighted by Gasteiger charge is 2.68. The summed E-state index contributed by atoms with van der Waals surface area (Å²) in [7, 11) is 0. The van der Waals surface area contributed by atoms with Crippen LogP contribution in [0.3, 0.4) is 0 Å². The molecule has 1 aromatic rings. The van der Waals surface area contributed by atoms with E-state index in [4.69, 9.17) is 0 Å². The first kappa shape index (κ1) is 24.6. The summed E-state index contributed by atoms with van der Waals surface area (Å²) in [4.78, 5) is 26.0. The van der Waals surface area contributed by atoms with Crippen molar-refractivity contribution in [3.63, 3.8) is 0 Å². The first-order chi connectivity index (χ1) is 17.2. The highest BCUT2D eigenvalue weighted by molar-refractivity contribution is 5.91. The van der Waals surface area contributed by atoms with Crippen LogP contribution in [0.1, 0.15) is 89.2 Å². The Hall–Kier alpha value is -1.78. The maximum atomic E-state index is 13.9. The Morgan fingerprint density at radius 2 is 1.67 bits per heavy atom. The number of aryl methyl sites for hydroxylation is 2. The van der Waals surface area contributed by atoms with Crippen LogP contribution in [0.5, 0.6) is 0 Å². The van der Waals surface area contributed by atoms with E-state index in [-0.39, 0.29) is 28.8 Å². The molecule has 7 atom stereocenters. The predicted molar refractivity (Wildman–Crippen MR) is 139 cm³/mol. The average Bonchev–Trinajstić information content (AvgIpc) is 2.99. The van der Waals surface area contributed by atoms with Gasteiger partial charge in [0.25, 0.3) is 0 Å². The van der Waals surface area contributed by atoms with Gasteiger partial charge in [0, 0.05) is 18.3 Å². The van der Waals surface area contributed by atoms with Gasteiger partial charge >= 0.3 is 0 Å². The van der Waals surface area contributed by atoms with E-state index in [1.165, 1.54) is 16.7 Å². The maximum absolute atomic E-state index is 13.9. The minimum Gasteiger partial charge on any atom is -0.393 e. The standard InChI is InChI=1S/C32H42O4/c1-30-15-13-24(33)18-23(30)11-12-25-26-14-16-32(36,31(26,2)19-27(34)29(25)30)28(35)17-20-7-9-21-5-3-4-6-22(21)10-8-20/h3-6,18,20,25-27,29,34,36H,7-17,19H2,1-2H3/t25?,26?,27?,29?,30?,31?,32-/m0/s1. The lowest BCUT2D eigenvalue weighted by molar-refractivity contribution is -0.181. The molecule has 0 spiro atoms. The summed E-state index contributed by atoms with van der Waals surface area (Å²) in [5.74, 6) is 1.19. The molecule has 0 heterocycles. The van der Waals surface area contributed by atoms with Crippen molar-refractivity contribution in [2.24, 2.45) is 34.5 Å². The molecule has 6 rings (SSSR count). The van der Waals surface area contributed by atoms with E-state index in [0.717, 1.165) is 51.4 Å². The van der Waals surface area contributed by atoms with Crippen LogP contribution in [0.2, 0.25) is 0 Å². The molecule has 1 aromatic carbocycles. The third kappa shape index (κ3) is 3.54. The molecule has 5 aliphatic rings. The zero-order valence-corrected chi connectivity index (χ0v) is 22.0. The number of rotatable bonds is 3. The van der Waals surface area contributed by atoms with Crippen molar-refractivity contribution in [3.05, 3.63) is 47.0 Å². The fourth-order valence-electron chi connectivity index (χ4n) is 9.69. The van der Waals surface area contributed by atoms with Crippen molar-refractivity contribution in [1.29, 1.82) is 0 Å². The number of carbonyl (C=O) groups excluding carboxylic acids is 2. The number of aliphatic hydroxyl groups is 2. The third-order valence-electron chi connectivity index (χ3n) is 11.7. The number of ketones is 2. The smallest absolute Gasteiger partial charge is 0.165 e. The SMILES string of the molecule is CC12CCC(=O)C=C1CCC1C2C(O)CC2(C)C1CC[C@]2(O)C(=O)CC1CCc2ccccc2CC1. The van der Waals surface area contributed by atoms with E-state index >= 15 is 0 Å². The lowest BCUT2D eigenvalue weighted by Gasteiger charge is -2.60. The second-order valence-electron chi connectivity index (χ2n) is 13.3. The lowest BCUT2D eigenvalue weighted by Crippen LogP contribution is -2.61. The summed E-state index contributed by atoms with van der Waals surface area (Å²) in [6.45, 7) is 4.35. The van der Waals surface area contributed by atoms with Gasteiger partial charge in [-0.2, -0.15) is 0 Å². The Kier molecular flexibility index (Phi) is 5.88. The summed E-state index contributed by atoms with van der Waals surface area (Å²) in [5, 5.41) is 23.7. The van der Waals surface area contributed by atoms with Crippen molar-refractivity contribution in [2.75, 3.05) is 0 Å². The van der Waals surface area contributed by atoms with Gasteiger partial charge in [0.2, 0.25) is 0 Å². The fraction of sp³-hybridized carbons (Fsp3) is 0.688. The van der Waals surface area contributed by atoms with Crippen LogP contribution >= 0.6 is 0 Å². The molecule has 4 nitrogen and oxygen atoms in total. The van der Waals surface area contributed by atoms with Crippen LogP contribution in [0, 0.1) is 34.5 Å². The Bertz CT molecular complexity index is 1080. The zero-order chi connectivity index (χ0) is 25.3. The highest BCUT2D eigenvalue weighted by Crippen LogP contribution is 2.67. The van der Waals surface area contributed by atoms with E-state index in [1.807, 2.05) is 6.08 Å². The minimum atomic E-state index is -1.34. The van der Waals surface area contributed by atoms with Crippen LogP contribution < -0.4 is 0 Å². The van der Waals surface area contributed by atoms with Crippen LogP contribution in [0.15, 0.2) is 35.9 Å². The number of hydrogen-bond acceptors (Lipinski definition) is 4. The van der Waals surface area contributed by atoms with Gasteiger partial charge in [0.1, 0.15) is 5.60 Å². The second kappa shape index (κ2) is 8.63. The molecule has 2 N–H and O–H groups in total. The number of benzene rings is 1. The van der Waals surface area contributed by atoms with Gasteiger partial charge in [-0.1, -0.05) is 43.7 Å². The van der Waals surface area contributed by atoms with Crippen LogP contribution in [-0.2, 0) is 22.4 Å². The predicted octanol–water partition coefficient (Wildman–Crippen LogP) is 5.37. The Labute approximate surface area is 215 Å². The van der Waals surface area contributed by atoms with Gasteiger partial charge < -0.3 is 10.2 Å². The monoisotopic (exact) mass is 490 g/mol. The Morgan fingerprint density at radius 3 is 2.36 bits per heavy atom. The molecule has 0 saturated heterocycles. The second-order valence-corrected chi connectivity index (χ2v) is 13.3. The van der Waals surface area contributed by atoms with Crippen molar-refractivity contribution < 1.29 is 19.8 Å². The van der Waals surface area contributed by atoms with Gasteiger partial charge in [-0.15, -0.1) is 0 Å². The maximum Gasteiger partial charge on any atom is 0.165 e. The molecule has 6 unspecified atom stereocenters. The lowest BCUT2D eigenvalue weighted by atomic mass is 9.45. The number of fused-ring (bicyclic) bond motifs is 6. The molecule has 0 aliphatic heterocycles. The van der Waals surface area contributed by atoms with E-state index in [1.54, 1.807) is 0 Å². The van der Waals surface area contributed by atoms with Gasteiger partial charge in [0.15, 0.2) is 11.6 Å². The Balaban J connectivity index is 1.22. The molecule has 0 amide bonds. The van der Waals surface area contributed by atoms with Crippen molar-refractivity contribution >= 4 is 11.6 Å². The normalized spacial score (nSPS) is 42.4. The van der Waals surface area contributed by atoms with E-state index in [2.05, 4.69) is 38.1 Å². The topological polar surface area (TPSA) is 74.6 Å². The molecule has 0 bridgehead atoms. The van der Waals surface area contributed by atoms with E-state index < -0.39 is 17.1 Å². The highest BCUT2D eigenvalue weighted by atomic mass is 16.3. The molecule has 3 saturated carbocycles. The zero-order valence-electron chi connectivity index (χ0n) is 22.0. The van der Waals surface area contributed by atoms with Crippen molar-refractivity contribution in [2.45, 2.75) is 103 Å². The first-order valence-electron chi connectivity index (χ1n) is 14.4. The van der Waals surface area contributed by atoms with Crippen LogP contribution in [0.4, 0.5) is 0 Å². The summed E-state index contributed by atoms with van der Waals surface area (Å²) < 4.78 is 0. The summed E-state index contributed by atoms with van der Waals surface area (Å²) in [5.41, 5.74) is 1.97. The number of hydrogen-bond donors (Lipinski definition) is 2. The first-order valence-corrected chi connectivity index (χ1v) is 14.4. The summed E-state index contributed by atoms with van der Waals surface area (Å²) >= 11 is 0. The van der Waals surface area contributed by atoms with Gasteiger partial charge in [-0.3, -0.25) is 9.59 Å². The summed E-state index contributed by atoms with van der Waals surface area (Å²) in [6, 6.07) is 8.62. The molecule has 36 heavy (non-hydrogen) atoms. The molecule has 3 fully saturated rings. The molecule has 194 valence electrons. The number of Topliss-reactive ketones (excluding diaryl/α,β-unsaturated/α-hetero) is 1. The fourth-order valence-corrected chi connectivity index (χ4v) is 9.69. The minimum absolute atomic E-state index is 0.0139. The molecule has 0 aromatic heterocycles. The van der Waals surface area contributed by atoms with Crippen LogP contribution in [-0.4, -0.2) is 33.5 Å². The molecule has 4 heteroatoms. The number of carbonyl (C=O) groups is 2. The molecular weight excluding hydrogens is 448 g/mol.